The van der Waals surface area contributed by atoms with Gasteiger partial charge in [-0.2, -0.15) is 13.2 Å². The van der Waals surface area contributed by atoms with Crippen molar-refractivity contribution in [3.05, 3.63) is 24.4 Å². The highest BCUT2D eigenvalue weighted by Crippen LogP contribution is 2.42. The number of hydrogen-bond donors (Lipinski definition) is 2. The van der Waals surface area contributed by atoms with Crippen LogP contribution in [-0.2, 0) is 26.1 Å². The fourth-order valence-electron chi connectivity index (χ4n) is 3.89. The van der Waals surface area contributed by atoms with Gasteiger partial charge in [-0.05, 0) is 59.7 Å². The zero-order chi connectivity index (χ0) is 31.0. The van der Waals surface area contributed by atoms with Crippen LogP contribution < -0.4 is 19.1 Å². The molecule has 1 amide bonds. The van der Waals surface area contributed by atoms with Crippen LogP contribution in [0.4, 0.5) is 29.3 Å². The van der Waals surface area contributed by atoms with Gasteiger partial charge < -0.3 is 19.3 Å². The first-order valence-electron chi connectivity index (χ1n) is 12.7. The third-order valence-electron chi connectivity index (χ3n) is 6.35. The summed E-state index contributed by atoms with van der Waals surface area (Å²) in [6, 6.07) is 3.82. The summed E-state index contributed by atoms with van der Waals surface area (Å²) < 4.78 is 85.9. The van der Waals surface area contributed by atoms with Crippen LogP contribution in [0.1, 0.15) is 48.0 Å². The number of carbonyl (C=O) groups excluding carboxylic acids is 1. The predicted molar refractivity (Wildman–Crippen MR) is 141 cm³/mol. The highest BCUT2D eigenvalue weighted by atomic mass is 32.2. The Balaban J connectivity index is 2.06. The minimum Gasteiger partial charge on any atom is -0.486 e. The average Bonchev–Trinajstić information content (AvgIpc) is 3.26. The Bertz CT molecular complexity index is 1410. The molecule has 2 heterocycles. The summed E-state index contributed by atoms with van der Waals surface area (Å²) in [5.74, 6) is -1.21. The first-order valence-corrected chi connectivity index (χ1v) is 14.1. The summed E-state index contributed by atoms with van der Waals surface area (Å²) in [7, 11) is -4.41. The van der Waals surface area contributed by atoms with Gasteiger partial charge in [-0.3, -0.25) is 19.1 Å². The highest BCUT2D eigenvalue weighted by molar-refractivity contribution is 7.93. The molecule has 1 unspecified atom stereocenters. The molecule has 2 N–H and O–H groups in total. The number of carboxylic acids is 1. The summed E-state index contributed by atoms with van der Waals surface area (Å²) in [5, 5.41) is 16.0. The Morgan fingerprint density at radius 3 is 2.41 bits per heavy atom. The third-order valence-corrected chi connectivity index (χ3v) is 8.12. The second kappa shape index (κ2) is 11.3. The number of fused-ring (bicyclic) bond motifs is 1. The molecule has 0 saturated heterocycles. The zero-order valence-electron chi connectivity index (χ0n) is 23.4. The zero-order valence-corrected chi connectivity index (χ0v) is 24.2. The van der Waals surface area contributed by atoms with Gasteiger partial charge in [0, 0.05) is 24.8 Å². The van der Waals surface area contributed by atoms with Crippen molar-refractivity contribution in [2.24, 2.45) is 5.41 Å². The lowest BCUT2D eigenvalue weighted by Gasteiger charge is -2.37. The Labute approximate surface area is 235 Å². The van der Waals surface area contributed by atoms with Crippen molar-refractivity contribution < 1.29 is 50.5 Å². The van der Waals surface area contributed by atoms with E-state index in [0.29, 0.717) is 20.4 Å². The molecule has 3 rings (SSSR count). The average molecular weight is 607 g/mol. The van der Waals surface area contributed by atoms with Gasteiger partial charge in [-0.1, -0.05) is 0 Å². The van der Waals surface area contributed by atoms with E-state index in [1.807, 2.05) is 0 Å². The van der Waals surface area contributed by atoms with E-state index in [1.54, 1.807) is 13.8 Å². The number of nitrogens with zero attached hydrogens (tertiary/aromatic N) is 3. The quantitative estimate of drug-likeness (QED) is 0.394. The number of carboxylic acid groups (broad SMARTS) is 1. The fraction of sp³-hybridized carbons (Fsp3) is 0.560. The van der Waals surface area contributed by atoms with Gasteiger partial charge in [0.25, 0.3) is 15.9 Å². The third kappa shape index (κ3) is 6.80. The molecule has 1 atom stereocenters. The number of benzene rings is 1. The molecule has 0 bridgehead atoms. The molecule has 0 aliphatic carbocycles. The van der Waals surface area contributed by atoms with E-state index in [2.05, 4.69) is 15.2 Å². The van der Waals surface area contributed by atoms with Crippen LogP contribution in [0, 0.1) is 5.41 Å². The van der Waals surface area contributed by atoms with Crippen molar-refractivity contribution in [2.75, 3.05) is 22.8 Å². The Kier molecular flexibility index (Phi) is 8.77. The molecule has 0 fully saturated rings. The van der Waals surface area contributed by atoms with Crippen molar-refractivity contribution in [3.63, 3.8) is 0 Å². The molecule has 2 aromatic rings. The number of ether oxygens (including phenoxy) is 3. The molecule has 1 aliphatic heterocycles. The van der Waals surface area contributed by atoms with E-state index >= 15 is 0 Å². The Hall–Kier alpha value is -3.69. The monoisotopic (exact) mass is 606 g/mol. The molecule has 0 spiro atoms. The Morgan fingerprint density at radius 2 is 1.85 bits per heavy atom. The van der Waals surface area contributed by atoms with Gasteiger partial charge in [0.05, 0.1) is 24.3 Å². The fourth-order valence-corrected chi connectivity index (χ4v) is 5.47. The summed E-state index contributed by atoms with van der Waals surface area (Å²) in [5.41, 5.74) is -4.18. The molecule has 228 valence electrons. The van der Waals surface area contributed by atoms with E-state index in [9.17, 15) is 36.3 Å². The molecular weight excluding hydrogens is 573 g/mol. The number of rotatable bonds is 10. The topological polar surface area (TPSA) is 149 Å². The number of nitrogens with one attached hydrogen (secondary N) is 1. The van der Waals surface area contributed by atoms with Gasteiger partial charge in [0.2, 0.25) is 5.60 Å². The standard InChI is InChI=1S/C25H33F3N4O8S/c1-7-31-14-19(20(30-31)38-8-2)41(36,37)32-13-16(12-23(3,4)21(33)34)39-18-10-9-15(11-17(18)32)29-22(35)40-24(5,6)25(26,27)28/h9-11,14,16H,7-8,12-13H2,1-6H3,(H,29,35)(H,33,34). The van der Waals surface area contributed by atoms with Crippen LogP contribution in [0.2, 0.25) is 0 Å². The van der Waals surface area contributed by atoms with Crippen molar-refractivity contribution in [1.82, 2.24) is 9.78 Å². The molecule has 1 aromatic carbocycles. The summed E-state index contributed by atoms with van der Waals surface area (Å²) >= 11 is 0. The van der Waals surface area contributed by atoms with Gasteiger partial charge in [0.1, 0.15) is 11.9 Å². The minimum atomic E-state index is -4.83. The summed E-state index contributed by atoms with van der Waals surface area (Å²) in [6.45, 7) is 7.90. The van der Waals surface area contributed by atoms with Crippen molar-refractivity contribution in [3.8, 4) is 11.6 Å². The smallest absolute Gasteiger partial charge is 0.427 e. The second-order valence-electron chi connectivity index (χ2n) is 10.5. The second-order valence-corrected chi connectivity index (χ2v) is 12.3. The van der Waals surface area contributed by atoms with E-state index in [-0.39, 0.29) is 47.5 Å². The van der Waals surface area contributed by atoms with Crippen molar-refractivity contribution >= 4 is 33.5 Å². The van der Waals surface area contributed by atoms with Crippen molar-refractivity contribution in [2.45, 2.75) is 77.3 Å². The minimum absolute atomic E-state index is 0.0430. The van der Waals surface area contributed by atoms with E-state index in [1.165, 1.54) is 42.9 Å². The molecule has 16 heteroatoms. The molecule has 0 radical (unpaired) electrons. The van der Waals surface area contributed by atoms with Crippen LogP contribution in [0.25, 0.3) is 0 Å². The predicted octanol–water partition coefficient (Wildman–Crippen LogP) is 4.65. The van der Waals surface area contributed by atoms with Gasteiger partial charge in [-0.15, -0.1) is 5.10 Å². The maximum Gasteiger partial charge on any atom is 0.427 e. The lowest BCUT2D eigenvalue weighted by Crippen LogP contribution is -2.46. The highest BCUT2D eigenvalue weighted by Gasteiger charge is 2.51. The van der Waals surface area contributed by atoms with Crippen LogP contribution in [0.3, 0.4) is 0 Å². The van der Waals surface area contributed by atoms with Gasteiger partial charge >= 0.3 is 18.2 Å². The number of hydrogen-bond acceptors (Lipinski definition) is 8. The summed E-state index contributed by atoms with van der Waals surface area (Å²) in [6.07, 6.45) is -5.90. The lowest BCUT2D eigenvalue weighted by molar-refractivity contribution is -0.242. The normalized spacial score (nSPS) is 16.0. The first-order chi connectivity index (χ1) is 18.8. The number of aryl methyl sites for hydroxylation is 1. The van der Waals surface area contributed by atoms with Gasteiger partial charge in [-0.25, -0.2) is 13.2 Å². The summed E-state index contributed by atoms with van der Waals surface area (Å²) in [4.78, 5) is 23.8. The molecule has 41 heavy (non-hydrogen) atoms. The maximum absolute atomic E-state index is 14.0. The Morgan fingerprint density at radius 1 is 1.20 bits per heavy atom. The van der Waals surface area contributed by atoms with Crippen LogP contribution in [0.5, 0.6) is 11.6 Å². The number of anilines is 2. The number of carbonyl (C=O) groups is 2. The molecule has 0 saturated carbocycles. The molecular formula is C25H33F3N4O8S. The molecule has 1 aromatic heterocycles. The number of amides is 1. The molecule has 1 aliphatic rings. The van der Waals surface area contributed by atoms with Crippen molar-refractivity contribution in [1.29, 1.82) is 0 Å². The number of alkyl halides is 3. The van der Waals surface area contributed by atoms with E-state index in [0.717, 1.165) is 4.31 Å². The number of sulfonamides is 1. The number of aliphatic carboxylic acids is 1. The van der Waals surface area contributed by atoms with E-state index < -0.39 is 45.4 Å². The van der Waals surface area contributed by atoms with Crippen LogP contribution in [0.15, 0.2) is 29.3 Å². The van der Waals surface area contributed by atoms with Crippen LogP contribution >= 0.6 is 0 Å². The molecule has 12 nitrogen and oxygen atoms in total. The largest absolute Gasteiger partial charge is 0.486 e. The number of halogens is 3. The lowest BCUT2D eigenvalue weighted by atomic mass is 9.86. The first kappa shape index (κ1) is 31.8. The van der Waals surface area contributed by atoms with Gasteiger partial charge in [0.15, 0.2) is 4.90 Å². The maximum atomic E-state index is 14.0. The number of aromatic nitrogens is 2. The van der Waals surface area contributed by atoms with Crippen LogP contribution in [-0.4, -0.2) is 66.4 Å². The van der Waals surface area contributed by atoms with E-state index in [4.69, 9.17) is 9.47 Å². The SMILES string of the molecule is CCOc1nn(CC)cc1S(=O)(=O)N1CC(CC(C)(C)C(=O)O)Oc2ccc(NC(=O)OC(C)(C)C(F)(F)F)cc21.